The minimum absolute atomic E-state index is 0.0458. The third-order valence-electron chi connectivity index (χ3n) is 4.67. The molecule has 1 fully saturated rings. The molecule has 1 aromatic carbocycles. The molecule has 1 aromatic rings. The van der Waals surface area contributed by atoms with Gasteiger partial charge in [0.05, 0.1) is 12.5 Å². The second-order valence-electron chi connectivity index (χ2n) is 6.68. The first-order chi connectivity index (χ1) is 12.4. The number of carbonyl (C=O) groups excluding carboxylic acids is 2. The molecular formula is C19H25ClN2O4. The molecule has 6 nitrogen and oxygen atoms in total. The summed E-state index contributed by atoms with van der Waals surface area (Å²) in [5.41, 5.74) is 0.817. The molecule has 0 bridgehead atoms. The number of carboxylic acid groups (broad SMARTS) is 1. The number of benzene rings is 1. The van der Waals surface area contributed by atoms with E-state index in [4.69, 9.17) is 16.7 Å². The van der Waals surface area contributed by atoms with Crippen molar-refractivity contribution in [2.45, 2.75) is 57.5 Å². The van der Waals surface area contributed by atoms with Crippen molar-refractivity contribution in [1.82, 2.24) is 10.2 Å². The van der Waals surface area contributed by atoms with Crippen LogP contribution in [-0.2, 0) is 14.4 Å². The number of hydrogen-bond donors (Lipinski definition) is 2. The monoisotopic (exact) mass is 380 g/mol. The largest absolute Gasteiger partial charge is 0.481 e. The van der Waals surface area contributed by atoms with Crippen LogP contribution in [0.4, 0.5) is 0 Å². The number of carboxylic acids is 1. The van der Waals surface area contributed by atoms with Crippen molar-refractivity contribution in [2.24, 2.45) is 0 Å². The summed E-state index contributed by atoms with van der Waals surface area (Å²) in [5, 5.41) is 12.3. The quantitative estimate of drug-likeness (QED) is 0.760. The van der Waals surface area contributed by atoms with Crippen molar-refractivity contribution < 1.29 is 19.5 Å². The average Bonchev–Trinajstić information content (AvgIpc) is 2.60. The van der Waals surface area contributed by atoms with Crippen LogP contribution in [0.2, 0.25) is 5.02 Å². The number of rotatable bonds is 7. The van der Waals surface area contributed by atoms with Crippen molar-refractivity contribution in [3.63, 3.8) is 0 Å². The zero-order chi connectivity index (χ0) is 19.1. The molecule has 2 atom stereocenters. The van der Waals surface area contributed by atoms with E-state index in [1.165, 1.54) is 6.92 Å². The maximum absolute atomic E-state index is 12.9. The molecule has 1 aliphatic rings. The molecule has 1 heterocycles. The van der Waals surface area contributed by atoms with Gasteiger partial charge in [0.2, 0.25) is 11.8 Å². The normalized spacial score (nSPS) is 18.2. The molecule has 2 amide bonds. The minimum Gasteiger partial charge on any atom is -0.481 e. The van der Waals surface area contributed by atoms with Gasteiger partial charge < -0.3 is 15.3 Å². The molecule has 2 rings (SSSR count). The van der Waals surface area contributed by atoms with Crippen molar-refractivity contribution in [1.29, 1.82) is 0 Å². The first-order valence-corrected chi connectivity index (χ1v) is 9.28. The Bertz CT molecular complexity index is 647. The maximum Gasteiger partial charge on any atom is 0.303 e. The summed E-state index contributed by atoms with van der Waals surface area (Å²) < 4.78 is 0. The lowest BCUT2D eigenvalue weighted by Crippen LogP contribution is -2.45. The second-order valence-corrected chi connectivity index (χ2v) is 7.11. The highest BCUT2D eigenvalue weighted by atomic mass is 35.5. The molecule has 142 valence electrons. The van der Waals surface area contributed by atoms with Crippen molar-refractivity contribution in [3.8, 4) is 0 Å². The summed E-state index contributed by atoms with van der Waals surface area (Å²) in [6.07, 6.45) is 3.41. The van der Waals surface area contributed by atoms with E-state index >= 15 is 0 Å². The number of hydrogen-bond acceptors (Lipinski definition) is 3. The highest BCUT2D eigenvalue weighted by molar-refractivity contribution is 6.30. The third kappa shape index (κ3) is 6.02. The van der Waals surface area contributed by atoms with E-state index in [2.05, 4.69) is 5.32 Å². The number of piperidine rings is 1. The Morgan fingerprint density at radius 1 is 1.27 bits per heavy atom. The summed E-state index contributed by atoms with van der Waals surface area (Å²) in [6.45, 7) is 2.06. The fourth-order valence-electron chi connectivity index (χ4n) is 3.40. The topological polar surface area (TPSA) is 86.7 Å². The van der Waals surface area contributed by atoms with Gasteiger partial charge in [-0.1, -0.05) is 23.7 Å². The fourth-order valence-corrected chi connectivity index (χ4v) is 3.53. The van der Waals surface area contributed by atoms with E-state index in [0.717, 1.165) is 24.8 Å². The number of nitrogens with one attached hydrogen (secondary N) is 1. The highest BCUT2D eigenvalue weighted by Gasteiger charge is 2.29. The van der Waals surface area contributed by atoms with E-state index in [1.54, 1.807) is 29.2 Å². The Hall–Kier alpha value is -2.08. The van der Waals surface area contributed by atoms with Crippen molar-refractivity contribution in [3.05, 3.63) is 34.9 Å². The van der Waals surface area contributed by atoms with Gasteiger partial charge in [-0.25, -0.2) is 0 Å². The molecule has 2 N–H and O–H groups in total. The molecule has 1 aliphatic heterocycles. The number of nitrogens with zero attached hydrogens (tertiary/aromatic N) is 1. The predicted molar refractivity (Wildman–Crippen MR) is 98.8 cm³/mol. The van der Waals surface area contributed by atoms with Crippen LogP contribution in [0.1, 0.15) is 57.1 Å². The molecule has 0 unspecified atom stereocenters. The van der Waals surface area contributed by atoms with Gasteiger partial charge in [0.1, 0.15) is 0 Å². The Kier molecular flexibility index (Phi) is 7.45. The molecule has 0 spiro atoms. The molecule has 0 aliphatic carbocycles. The van der Waals surface area contributed by atoms with E-state index in [1.807, 2.05) is 0 Å². The van der Waals surface area contributed by atoms with E-state index in [-0.39, 0.29) is 30.7 Å². The first kappa shape index (κ1) is 20.2. The van der Waals surface area contributed by atoms with Gasteiger partial charge in [-0.05, 0) is 43.4 Å². The molecule has 1 saturated heterocycles. The Morgan fingerprint density at radius 3 is 2.58 bits per heavy atom. The van der Waals surface area contributed by atoms with Crippen LogP contribution in [0, 0.1) is 0 Å². The second kappa shape index (κ2) is 9.57. The smallest absolute Gasteiger partial charge is 0.303 e. The number of carbonyl (C=O) groups is 3. The van der Waals surface area contributed by atoms with E-state index < -0.39 is 12.0 Å². The van der Waals surface area contributed by atoms with Crippen LogP contribution in [-0.4, -0.2) is 40.4 Å². The van der Waals surface area contributed by atoms with Gasteiger partial charge in [-0.3, -0.25) is 14.4 Å². The third-order valence-corrected chi connectivity index (χ3v) is 4.92. The number of amides is 2. The fraction of sp³-hybridized carbons (Fsp3) is 0.526. The molecule has 7 heteroatoms. The van der Waals surface area contributed by atoms with Gasteiger partial charge in [0.25, 0.3) is 0 Å². The zero-order valence-corrected chi connectivity index (χ0v) is 15.7. The van der Waals surface area contributed by atoms with Crippen LogP contribution in [0.5, 0.6) is 0 Å². The molecule has 0 radical (unpaired) electrons. The lowest BCUT2D eigenvalue weighted by atomic mass is 9.96. The highest BCUT2D eigenvalue weighted by Crippen LogP contribution is 2.25. The standard InChI is InChI=1S/C19H25ClN2O4/c1-13(23)21-17(14-5-7-15(20)8-6-14)12-18(24)22-11-3-2-4-16(22)9-10-19(25)26/h5-8,16-17H,2-4,9-12H2,1H3,(H,21,23)(H,25,26)/t16-,17+/m0/s1. The molecular weight excluding hydrogens is 356 g/mol. The van der Waals surface area contributed by atoms with Gasteiger partial charge in [-0.15, -0.1) is 0 Å². The van der Waals surface area contributed by atoms with Crippen LogP contribution in [0.25, 0.3) is 0 Å². The van der Waals surface area contributed by atoms with Crippen molar-refractivity contribution >= 4 is 29.4 Å². The molecule has 0 aromatic heterocycles. The summed E-state index contributed by atoms with van der Waals surface area (Å²) in [6, 6.07) is 6.58. The van der Waals surface area contributed by atoms with Gasteiger partial charge in [0.15, 0.2) is 0 Å². The lowest BCUT2D eigenvalue weighted by molar-refractivity contribution is -0.140. The first-order valence-electron chi connectivity index (χ1n) is 8.90. The zero-order valence-electron chi connectivity index (χ0n) is 14.9. The van der Waals surface area contributed by atoms with E-state index in [9.17, 15) is 14.4 Å². The Morgan fingerprint density at radius 2 is 1.96 bits per heavy atom. The van der Waals surface area contributed by atoms with Crippen LogP contribution < -0.4 is 5.32 Å². The average molecular weight is 381 g/mol. The summed E-state index contributed by atoms with van der Waals surface area (Å²) in [5.74, 6) is -1.12. The summed E-state index contributed by atoms with van der Waals surface area (Å²) in [7, 11) is 0. The lowest BCUT2D eigenvalue weighted by Gasteiger charge is -2.36. The number of halogens is 1. The molecule has 26 heavy (non-hydrogen) atoms. The minimum atomic E-state index is -0.847. The summed E-state index contributed by atoms with van der Waals surface area (Å²) >= 11 is 5.92. The molecule has 0 saturated carbocycles. The van der Waals surface area contributed by atoms with Crippen LogP contribution in [0.3, 0.4) is 0 Å². The van der Waals surface area contributed by atoms with Crippen molar-refractivity contribution in [2.75, 3.05) is 6.54 Å². The van der Waals surface area contributed by atoms with Gasteiger partial charge >= 0.3 is 5.97 Å². The van der Waals surface area contributed by atoms with Gasteiger partial charge in [-0.2, -0.15) is 0 Å². The Labute approximate surface area is 158 Å². The Balaban J connectivity index is 2.09. The van der Waals surface area contributed by atoms with E-state index in [0.29, 0.717) is 18.0 Å². The SMILES string of the molecule is CC(=O)N[C@H](CC(=O)N1CCCC[C@H]1CCC(=O)O)c1ccc(Cl)cc1. The van der Waals surface area contributed by atoms with Gasteiger partial charge in [0, 0.05) is 31.0 Å². The maximum atomic E-state index is 12.9. The summed E-state index contributed by atoms with van der Waals surface area (Å²) in [4.78, 5) is 37.1. The predicted octanol–water partition coefficient (Wildman–Crippen LogP) is 3.15. The van der Waals surface area contributed by atoms with Crippen LogP contribution >= 0.6 is 11.6 Å². The van der Waals surface area contributed by atoms with Crippen LogP contribution in [0.15, 0.2) is 24.3 Å². The number of likely N-dealkylation sites (tertiary alicyclic amines) is 1. The number of aliphatic carboxylic acids is 1.